The van der Waals surface area contributed by atoms with Crippen molar-refractivity contribution in [3.8, 4) is 0 Å². The summed E-state index contributed by atoms with van der Waals surface area (Å²) in [4.78, 5) is 27.6. The second-order valence-corrected chi connectivity index (χ2v) is 11.1. The lowest BCUT2D eigenvalue weighted by atomic mass is 10.1. The molecule has 0 fully saturated rings. The van der Waals surface area contributed by atoms with Gasteiger partial charge in [-0.2, -0.15) is 0 Å². The van der Waals surface area contributed by atoms with Crippen LogP contribution in [0, 0.1) is 13.8 Å². The smallest absolute Gasteiger partial charge is 0.244 e. The summed E-state index contributed by atoms with van der Waals surface area (Å²) in [5.74, 6) is -0.740. The molecular formula is C24H32BrN3O4S. The Morgan fingerprint density at radius 1 is 1.09 bits per heavy atom. The van der Waals surface area contributed by atoms with Gasteiger partial charge in [-0.25, -0.2) is 8.42 Å². The van der Waals surface area contributed by atoms with E-state index in [4.69, 9.17) is 0 Å². The van der Waals surface area contributed by atoms with Crippen molar-refractivity contribution in [3.63, 3.8) is 0 Å². The summed E-state index contributed by atoms with van der Waals surface area (Å²) in [7, 11) is -3.74. The lowest BCUT2D eigenvalue weighted by Gasteiger charge is -2.31. The summed E-state index contributed by atoms with van der Waals surface area (Å²) in [5, 5.41) is 2.82. The van der Waals surface area contributed by atoms with E-state index in [0.717, 1.165) is 38.1 Å². The molecule has 0 aliphatic rings. The zero-order chi connectivity index (χ0) is 24.8. The molecule has 2 aromatic rings. The number of aryl methyl sites for hydroxylation is 2. The molecule has 7 nitrogen and oxygen atoms in total. The summed E-state index contributed by atoms with van der Waals surface area (Å²) in [6.07, 6.45) is 1.85. The van der Waals surface area contributed by atoms with E-state index in [1.807, 2.05) is 51.1 Å². The standard InChI is InChI=1S/C24H32BrN3O4S/c1-6-10-26-24(30)19(4)27(15-20-8-7-9-21(25)14-20)23(29)16-28(33(5,31)32)22-12-17(2)11-18(3)13-22/h7-9,11-14,19H,6,10,15-16H2,1-5H3,(H,26,30). The molecule has 0 radical (unpaired) electrons. The summed E-state index contributed by atoms with van der Waals surface area (Å²) in [6, 6.07) is 12.1. The van der Waals surface area contributed by atoms with Gasteiger partial charge in [-0.1, -0.05) is 41.1 Å². The molecule has 0 saturated heterocycles. The third-order valence-electron chi connectivity index (χ3n) is 5.13. The van der Waals surface area contributed by atoms with E-state index in [1.54, 1.807) is 19.1 Å². The average Bonchev–Trinajstić information content (AvgIpc) is 2.71. The van der Waals surface area contributed by atoms with Crippen LogP contribution in [-0.4, -0.2) is 50.5 Å². The quantitative estimate of drug-likeness (QED) is 0.499. The SMILES string of the molecule is CCCNC(=O)C(C)N(Cc1cccc(Br)c1)C(=O)CN(c1cc(C)cc(C)c1)S(C)(=O)=O. The van der Waals surface area contributed by atoms with Crippen molar-refractivity contribution < 1.29 is 18.0 Å². The Kier molecular flexibility index (Phi) is 9.48. The summed E-state index contributed by atoms with van der Waals surface area (Å²) in [5.41, 5.74) is 3.04. The molecule has 0 saturated carbocycles. The molecule has 0 aliphatic carbocycles. The monoisotopic (exact) mass is 537 g/mol. The minimum absolute atomic E-state index is 0.170. The highest BCUT2D eigenvalue weighted by Crippen LogP contribution is 2.22. The zero-order valence-electron chi connectivity index (χ0n) is 19.8. The largest absolute Gasteiger partial charge is 0.354 e. The highest BCUT2D eigenvalue weighted by atomic mass is 79.9. The van der Waals surface area contributed by atoms with Gasteiger partial charge < -0.3 is 10.2 Å². The first kappa shape index (κ1) is 26.9. The maximum absolute atomic E-state index is 13.5. The number of hydrogen-bond acceptors (Lipinski definition) is 4. The molecule has 0 bridgehead atoms. The van der Waals surface area contributed by atoms with Crippen molar-refractivity contribution in [1.29, 1.82) is 0 Å². The number of hydrogen-bond donors (Lipinski definition) is 1. The average molecular weight is 539 g/mol. The Bertz CT molecular complexity index is 1080. The van der Waals surface area contributed by atoms with Crippen LogP contribution in [0.15, 0.2) is 46.9 Å². The van der Waals surface area contributed by atoms with Crippen LogP contribution in [0.1, 0.15) is 37.0 Å². The Balaban J connectivity index is 2.40. The van der Waals surface area contributed by atoms with E-state index >= 15 is 0 Å². The molecule has 0 aromatic heterocycles. The summed E-state index contributed by atoms with van der Waals surface area (Å²) in [6.45, 7) is 7.62. The van der Waals surface area contributed by atoms with Gasteiger partial charge >= 0.3 is 0 Å². The van der Waals surface area contributed by atoms with E-state index in [-0.39, 0.29) is 12.5 Å². The molecule has 0 heterocycles. The van der Waals surface area contributed by atoms with Crippen molar-refractivity contribution >= 4 is 43.5 Å². The molecule has 0 aliphatic heterocycles. The van der Waals surface area contributed by atoms with Crippen LogP contribution in [-0.2, 0) is 26.2 Å². The van der Waals surface area contributed by atoms with Gasteiger partial charge in [-0.05, 0) is 68.1 Å². The fourth-order valence-electron chi connectivity index (χ4n) is 3.52. The number of sulfonamides is 1. The van der Waals surface area contributed by atoms with Crippen molar-refractivity contribution in [3.05, 3.63) is 63.6 Å². The lowest BCUT2D eigenvalue weighted by molar-refractivity contribution is -0.139. The van der Waals surface area contributed by atoms with Gasteiger partial charge in [0.2, 0.25) is 21.8 Å². The second kappa shape index (κ2) is 11.7. The first-order valence-electron chi connectivity index (χ1n) is 10.8. The number of nitrogens with zero attached hydrogens (tertiary/aromatic N) is 2. The molecule has 180 valence electrons. The molecule has 0 spiro atoms. The van der Waals surface area contributed by atoms with Crippen LogP contribution in [0.25, 0.3) is 0 Å². The van der Waals surface area contributed by atoms with Crippen molar-refractivity contribution in [2.24, 2.45) is 0 Å². The Hall–Kier alpha value is -2.39. The molecule has 1 N–H and O–H groups in total. The number of carbonyl (C=O) groups is 2. The van der Waals surface area contributed by atoms with Crippen LogP contribution in [0.4, 0.5) is 5.69 Å². The second-order valence-electron chi connectivity index (χ2n) is 8.23. The van der Waals surface area contributed by atoms with Crippen LogP contribution in [0.2, 0.25) is 0 Å². The maximum Gasteiger partial charge on any atom is 0.244 e. The Morgan fingerprint density at radius 2 is 1.73 bits per heavy atom. The number of amides is 2. The first-order chi connectivity index (χ1) is 15.4. The third-order valence-corrected chi connectivity index (χ3v) is 6.77. The molecule has 1 atom stereocenters. The highest BCUT2D eigenvalue weighted by Gasteiger charge is 2.30. The van der Waals surface area contributed by atoms with Gasteiger partial charge in [0.1, 0.15) is 12.6 Å². The lowest BCUT2D eigenvalue weighted by Crippen LogP contribution is -2.51. The molecule has 2 amide bonds. The van der Waals surface area contributed by atoms with Gasteiger partial charge in [0.05, 0.1) is 11.9 Å². The Labute approximate surface area is 205 Å². The van der Waals surface area contributed by atoms with Crippen LogP contribution in [0.3, 0.4) is 0 Å². The predicted molar refractivity (Wildman–Crippen MR) is 136 cm³/mol. The maximum atomic E-state index is 13.5. The predicted octanol–water partition coefficient (Wildman–Crippen LogP) is 3.78. The van der Waals surface area contributed by atoms with E-state index in [2.05, 4.69) is 21.2 Å². The van der Waals surface area contributed by atoms with Gasteiger partial charge in [-0.3, -0.25) is 13.9 Å². The summed E-state index contributed by atoms with van der Waals surface area (Å²) < 4.78 is 27.2. The first-order valence-corrected chi connectivity index (χ1v) is 13.4. The van der Waals surface area contributed by atoms with Crippen molar-refractivity contribution in [2.45, 2.75) is 46.7 Å². The van der Waals surface area contributed by atoms with Crippen molar-refractivity contribution in [2.75, 3.05) is 23.7 Å². The van der Waals surface area contributed by atoms with E-state index in [0.29, 0.717) is 12.2 Å². The normalized spacial score (nSPS) is 12.2. The van der Waals surface area contributed by atoms with Gasteiger partial charge in [-0.15, -0.1) is 0 Å². The third kappa shape index (κ3) is 7.85. The van der Waals surface area contributed by atoms with Gasteiger partial charge in [0.15, 0.2) is 0 Å². The van der Waals surface area contributed by atoms with Crippen LogP contribution in [0.5, 0.6) is 0 Å². The number of anilines is 1. The molecular weight excluding hydrogens is 506 g/mol. The van der Waals surface area contributed by atoms with Crippen LogP contribution < -0.4 is 9.62 Å². The number of carbonyl (C=O) groups excluding carboxylic acids is 2. The fraction of sp³-hybridized carbons (Fsp3) is 0.417. The highest BCUT2D eigenvalue weighted by molar-refractivity contribution is 9.10. The molecule has 1 unspecified atom stereocenters. The number of nitrogens with one attached hydrogen (secondary N) is 1. The van der Waals surface area contributed by atoms with Crippen molar-refractivity contribution in [1.82, 2.24) is 10.2 Å². The Morgan fingerprint density at radius 3 is 2.27 bits per heavy atom. The van der Waals surface area contributed by atoms with E-state index in [9.17, 15) is 18.0 Å². The minimum Gasteiger partial charge on any atom is -0.354 e. The van der Waals surface area contributed by atoms with Crippen LogP contribution >= 0.6 is 15.9 Å². The fourth-order valence-corrected chi connectivity index (χ4v) is 4.80. The van der Waals surface area contributed by atoms with Gasteiger partial charge in [0, 0.05) is 17.6 Å². The number of halogens is 1. The molecule has 9 heteroatoms. The topological polar surface area (TPSA) is 86.8 Å². The van der Waals surface area contributed by atoms with E-state index < -0.39 is 28.5 Å². The van der Waals surface area contributed by atoms with E-state index in [1.165, 1.54) is 4.90 Å². The molecule has 2 aromatic carbocycles. The molecule has 2 rings (SSSR count). The van der Waals surface area contributed by atoms with Gasteiger partial charge in [0.25, 0.3) is 0 Å². The molecule has 33 heavy (non-hydrogen) atoms. The minimum atomic E-state index is -3.74. The number of benzene rings is 2. The summed E-state index contributed by atoms with van der Waals surface area (Å²) >= 11 is 3.43. The zero-order valence-corrected chi connectivity index (χ0v) is 22.2. The number of rotatable bonds is 10.